The number of carbonyl (C=O) groups is 2. The first-order chi connectivity index (χ1) is 9.26. The van der Waals surface area contributed by atoms with Crippen molar-refractivity contribution in [2.24, 2.45) is 5.92 Å². The molecule has 20 heavy (non-hydrogen) atoms. The molecule has 0 aliphatic rings. The fraction of sp³-hybridized carbons (Fsp3) is 0.429. The minimum Gasteiger partial charge on any atom is -0.504 e. The van der Waals surface area contributed by atoms with Gasteiger partial charge in [-0.1, -0.05) is 33.6 Å². The first-order valence-electron chi connectivity index (χ1n) is 6.27. The lowest BCUT2D eigenvalue weighted by molar-refractivity contribution is 0.0674. The lowest BCUT2D eigenvalue weighted by Crippen LogP contribution is -2.01. The molecule has 0 saturated heterocycles. The number of aromatic carboxylic acids is 2. The highest BCUT2D eigenvalue weighted by Crippen LogP contribution is 2.32. The summed E-state index contributed by atoms with van der Waals surface area (Å²) in [4.78, 5) is 20.9. The standard InChI is InChI=1S/C8H6O6.C6H14/c9-5-3(7(11)12)1-2-4(6(5)10)8(13)14;1-4-6(3)5-2/h1-2,9-10H,(H,11,12)(H,13,14);6H,4-5H2,1-3H3. The van der Waals surface area contributed by atoms with Crippen LogP contribution in [0.1, 0.15) is 54.3 Å². The van der Waals surface area contributed by atoms with E-state index in [-0.39, 0.29) is 0 Å². The van der Waals surface area contributed by atoms with Crippen LogP contribution in [0.25, 0.3) is 0 Å². The van der Waals surface area contributed by atoms with Crippen molar-refractivity contribution in [3.63, 3.8) is 0 Å². The van der Waals surface area contributed by atoms with Gasteiger partial charge in [-0.05, 0) is 18.1 Å². The number of phenols is 2. The molecule has 0 heterocycles. The number of carboxylic acid groups (broad SMARTS) is 2. The second-order valence-corrected chi connectivity index (χ2v) is 4.39. The predicted molar refractivity (Wildman–Crippen MR) is 73.4 cm³/mol. The highest BCUT2D eigenvalue weighted by atomic mass is 16.4. The van der Waals surface area contributed by atoms with Crippen LogP contribution < -0.4 is 0 Å². The van der Waals surface area contributed by atoms with Crippen molar-refractivity contribution in [1.82, 2.24) is 0 Å². The molecular weight excluding hydrogens is 264 g/mol. The molecule has 6 nitrogen and oxygen atoms in total. The second-order valence-electron chi connectivity index (χ2n) is 4.39. The van der Waals surface area contributed by atoms with Crippen molar-refractivity contribution < 1.29 is 30.0 Å². The zero-order chi connectivity index (χ0) is 15.9. The van der Waals surface area contributed by atoms with Gasteiger partial charge in [0.05, 0.1) is 0 Å². The van der Waals surface area contributed by atoms with Crippen molar-refractivity contribution in [3.05, 3.63) is 23.3 Å². The Labute approximate surface area is 117 Å². The van der Waals surface area contributed by atoms with Crippen LogP contribution >= 0.6 is 0 Å². The minimum absolute atomic E-state index is 0.549. The normalized spacial score (nSPS) is 9.80. The first kappa shape index (κ1) is 17.8. The third kappa shape index (κ3) is 4.79. The Morgan fingerprint density at radius 1 is 0.950 bits per heavy atom. The van der Waals surface area contributed by atoms with E-state index in [1.165, 1.54) is 12.8 Å². The third-order valence-electron chi connectivity index (χ3n) is 3.01. The highest BCUT2D eigenvalue weighted by Gasteiger charge is 2.19. The SMILES string of the molecule is CCC(C)CC.O=C(O)c1ccc(C(=O)O)c(O)c1O. The Morgan fingerprint density at radius 2 is 1.25 bits per heavy atom. The van der Waals surface area contributed by atoms with Gasteiger partial charge in [0.2, 0.25) is 0 Å². The molecule has 0 aliphatic heterocycles. The molecule has 0 atom stereocenters. The Bertz CT molecular complexity index is 438. The fourth-order valence-corrected chi connectivity index (χ4v) is 1.21. The van der Waals surface area contributed by atoms with Crippen molar-refractivity contribution in [1.29, 1.82) is 0 Å². The van der Waals surface area contributed by atoms with Gasteiger partial charge in [-0.3, -0.25) is 0 Å². The molecule has 1 aromatic rings. The van der Waals surface area contributed by atoms with E-state index in [2.05, 4.69) is 20.8 Å². The van der Waals surface area contributed by atoms with Gasteiger partial charge < -0.3 is 20.4 Å². The molecule has 0 fully saturated rings. The van der Waals surface area contributed by atoms with E-state index in [0.29, 0.717) is 0 Å². The quantitative estimate of drug-likeness (QED) is 0.632. The van der Waals surface area contributed by atoms with Gasteiger partial charge in [-0.15, -0.1) is 0 Å². The smallest absolute Gasteiger partial charge is 0.339 e. The average molecular weight is 284 g/mol. The molecule has 0 radical (unpaired) electrons. The summed E-state index contributed by atoms with van der Waals surface area (Å²) in [5.74, 6) is -3.86. The number of aromatic hydroxyl groups is 2. The molecule has 0 aromatic heterocycles. The number of benzene rings is 1. The highest BCUT2D eigenvalue weighted by molar-refractivity contribution is 5.97. The maximum absolute atomic E-state index is 10.4. The third-order valence-corrected chi connectivity index (χ3v) is 3.01. The molecular formula is C14H20O6. The summed E-state index contributed by atoms with van der Waals surface area (Å²) in [6, 6.07) is 1.81. The molecule has 0 bridgehead atoms. The number of hydrogen-bond donors (Lipinski definition) is 4. The average Bonchev–Trinajstić information content (AvgIpc) is 2.40. The van der Waals surface area contributed by atoms with Gasteiger partial charge in [0.25, 0.3) is 0 Å². The van der Waals surface area contributed by atoms with Gasteiger partial charge in [0, 0.05) is 0 Å². The van der Waals surface area contributed by atoms with E-state index in [0.717, 1.165) is 18.1 Å². The van der Waals surface area contributed by atoms with Crippen LogP contribution in [0, 0.1) is 5.92 Å². The second kappa shape index (κ2) is 8.04. The van der Waals surface area contributed by atoms with E-state index in [1.807, 2.05) is 0 Å². The summed E-state index contributed by atoms with van der Waals surface area (Å²) in [6.45, 7) is 6.74. The fourth-order valence-electron chi connectivity index (χ4n) is 1.21. The molecule has 4 N–H and O–H groups in total. The van der Waals surface area contributed by atoms with E-state index in [9.17, 15) is 9.59 Å². The molecule has 0 aliphatic carbocycles. The summed E-state index contributed by atoms with van der Waals surface area (Å²) in [6.07, 6.45) is 2.66. The maximum Gasteiger partial charge on any atom is 0.339 e. The summed E-state index contributed by atoms with van der Waals surface area (Å²) >= 11 is 0. The Balaban J connectivity index is 0.000000511. The molecule has 0 saturated carbocycles. The topological polar surface area (TPSA) is 115 Å². The number of carboxylic acids is 2. The lowest BCUT2D eigenvalue weighted by atomic mass is 10.1. The molecule has 6 heteroatoms. The predicted octanol–water partition coefficient (Wildman–Crippen LogP) is 2.94. The van der Waals surface area contributed by atoms with Gasteiger partial charge in [0.15, 0.2) is 11.5 Å². The molecule has 0 unspecified atom stereocenters. The molecule has 1 rings (SSSR count). The van der Waals surface area contributed by atoms with Crippen LogP contribution in [0.5, 0.6) is 11.5 Å². The van der Waals surface area contributed by atoms with Crippen molar-refractivity contribution in [2.45, 2.75) is 33.6 Å². The van der Waals surface area contributed by atoms with Crippen LogP contribution in [0.4, 0.5) is 0 Å². The van der Waals surface area contributed by atoms with Crippen LogP contribution in [-0.2, 0) is 0 Å². The van der Waals surface area contributed by atoms with E-state index >= 15 is 0 Å². The zero-order valence-corrected chi connectivity index (χ0v) is 11.8. The molecule has 1 aromatic carbocycles. The zero-order valence-electron chi connectivity index (χ0n) is 11.8. The minimum atomic E-state index is -1.45. The molecule has 0 spiro atoms. The van der Waals surface area contributed by atoms with Gasteiger partial charge >= 0.3 is 11.9 Å². The Morgan fingerprint density at radius 3 is 1.40 bits per heavy atom. The first-order valence-corrected chi connectivity index (χ1v) is 6.27. The molecule has 112 valence electrons. The van der Waals surface area contributed by atoms with E-state index in [4.69, 9.17) is 20.4 Å². The summed E-state index contributed by atoms with van der Waals surface area (Å²) in [5.41, 5.74) is -1.10. The van der Waals surface area contributed by atoms with Crippen molar-refractivity contribution in [2.75, 3.05) is 0 Å². The van der Waals surface area contributed by atoms with Gasteiger partial charge in [-0.2, -0.15) is 0 Å². The number of hydrogen-bond acceptors (Lipinski definition) is 4. The van der Waals surface area contributed by atoms with Crippen LogP contribution in [0.3, 0.4) is 0 Å². The van der Waals surface area contributed by atoms with Crippen LogP contribution in [0.2, 0.25) is 0 Å². The Hall–Kier alpha value is -2.24. The largest absolute Gasteiger partial charge is 0.504 e. The summed E-state index contributed by atoms with van der Waals surface area (Å²) in [7, 11) is 0. The Kier molecular flexibility index (Phi) is 7.14. The van der Waals surface area contributed by atoms with Crippen molar-refractivity contribution in [3.8, 4) is 11.5 Å². The van der Waals surface area contributed by atoms with Gasteiger partial charge in [-0.25, -0.2) is 9.59 Å². The summed E-state index contributed by atoms with van der Waals surface area (Å²) < 4.78 is 0. The maximum atomic E-state index is 10.4. The van der Waals surface area contributed by atoms with E-state index < -0.39 is 34.6 Å². The van der Waals surface area contributed by atoms with Crippen molar-refractivity contribution >= 4 is 11.9 Å². The van der Waals surface area contributed by atoms with Crippen LogP contribution in [-0.4, -0.2) is 32.4 Å². The van der Waals surface area contributed by atoms with Crippen LogP contribution in [0.15, 0.2) is 12.1 Å². The lowest BCUT2D eigenvalue weighted by Gasteiger charge is -2.04. The summed E-state index contributed by atoms with van der Waals surface area (Å²) in [5, 5.41) is 35.2. The van der Waals surface area contributed by atoms with E-state index in [1.54, 1.807) is 0 Å². The molecule has 0 amide bonds. The monoisotopic (exact) mass is 284 g/mol. The van der Waals surface area contributed by atoms with Gasteiger partial charge in [0.1, 0.15) is 11.1 Å². The number of rotatable bonds is 4.